The molecule has 9 heteroatoms. The summed E-state index contributed by atoms with van der Waals surface area (Å²) in [4.78, 5) is 8.11. The van der Waals surface area contributed by atoms with Crippen LogP contribution in [-0.2, 0) is 29.7 Å². The van der Waals surface area contributed by atoms with E-state index in [1.165, 1.54) is 24.3 Å². The van der Waals surface area contributed by atoms with Crippen LogP contribution in [0.4, 0.5) is 10.1 Å². The fourth-order valence-electron chi connectivity index (χ4n) is 3.84. The number of pyridine rings is 1. The maximum atomic E-state index is 13.6. The van der Waals surface area contributed by atoms with Gasteiger partial charge in [-0.25, -0.2) is 17.9 Å². The lowest BCUT2D eigenvalue weighted by Gasteiger charge is -2.34. The number of aryl methyl sites for hydroxylation is 1. The SMILES string of the molecule is Cc1ccc(CN(C(=S)N(Cc2ccncc2)Cc2ccc(F)cc2)c2ccc(S(N)(=O)=O)cc2)cc1. The predicted octanol–water partition coefficient (Wildman–Crippen LogP) is 5.17. The summed E-state index contributed by atoms with van der Waals surface area (Å²) in [6.45, 7) is 3.43. The Labute approximate surface area is 222 Å². The summed E-state index contributed by atoms with van der Waals surface area (Å²) in [5, 5.41) is 5.84. The van der Waals surface area contributed by atoms with Gasteiger partial charge in [0.25, 0.3) is 0 Å². The smallest absolute Gasteiger partial charge is 0.238 e. The molecule has 3 aromatic carbocycles. The summed E-state index contributed by atoms with van der Waals surface area (Å²) < 4.78 is 37.2. The van der Waals surface area contributed by atoms with E-state index in [0.717, 1.165) is 27.9 Å². The first-order valence-corrected chi connectivity index (χ1v) is 13.5. The van der Waals surface area contributed by atoms with E-state index in [1.54, 1.807) is 36.7 Å². The van der Waals surface area contributed by atoms with Crippen LogP contribution in [0.2, 0.25) is 0 Å². The van der Waals surface area contributed by atoms with Crippen molar-refractivity contribution in [1.29, 1.82) is 0 Å². The van der Waals surface area contributed by atoms with E-state index in [2.05, 4.69) is 4.98 Å². The zero-order valence-corrected chi connectivity index (χ0v) is 21.9. The number of nitrogens with zero attached hydrogens (tertiary/aromatic N) is 3. The number of benzene rings is 3. The van der Waals surface area contributed by atoms with Gasteiger partial charge in [0.05, 0.1) is 11.4 Å². The van der Waals surface area contributed by atoms with E-state index in [1.807, 2.05) is 53.1 Å². The van der Waals surface area contributed by atoms with Crippen LogP contribution >= 0.6 is 12.2 Å². The molecular formula is C28H27FN4O2S2. The molecule has 0 amide bonds. The maximum Gasteiger partial charge on any atom is 0.238 e. The Morgan fingerprint density at radius 3 is 1.89 bits per heavy atom. The highest BCUT2D eigenvalue weighted by atomic mass is 32.2. The van der Waals surface area contributed by atoms with Crippen molar-refractivity contribution in [3.8, 4) is 0 Å². The third kappa shape index (κ3) is 7.19. The van der Waals surface area contributed by atoms with Gasteiger partial charge in [-0.05, 0) is 84.4 Å². The molecule has 4 aromatic rings. The van der Waals surface area contributed by atoms with Crippen LogP contribution in [0.5, 0.6) is 0 Å². The molecule has 1 aromatic heterocycles. The number of hydrogen-bond acceptors (Lipinski definition) is 4. The van der Waals surface area contributed by atoms with Crippen LogP contribution in [0.3, 0.4) is 0 Å². The van der Waals surface area contributed by atoms with Crippen molar-refractivity contribution in [1.82, 2.24) is 9.88 Å². The molecule has 37 heavy (non-hydrogen) atoms. The summed E-state index contributed by atoms with van der Waals surface area (Å²) >= 11 is 6.05. The van der Waals surface area contributed by atoms with Gasteiger partial charge < -0.3 is 9.80 Å². The summed E-state index contributed by atoms with van der Waals surface area (Å²) in [5.74, 6) is -0.303. The Morgan fingerprint density at radius 1 is 0.811 bits per heavy atom. The van der Waals surface area contributed by atoms with E-state index in [9.17, 15) is 12.8 Å². The molecule has 0 atom stereocenters. The second kappa shape index (κ2) is 11.6. The molecule has 4 rings (SSSR count). The van der Waals surface area contributed by atoms with E-state index >= 15 is 0 Å². The number of thiocarbonyl (C=S) groups is 1. The highest BCUT2D eigenvalue weighted by Crippen LogP contribution is 2.24. The van der Waals surface area contributed by atoms with Crippen LogP contribution in [0.1, 0.15) is 22.3 Å². The molecule has 0 aliphatic rings. The van der Waals surface area contributed by atoms with E-state index in [4.69, 9.17) is 17.4 Å². The lowest BCUT2D eigenvalue weighted by molar-refractivity contribution is 0.405. The normalized spacial score (nSPS) is 11.2. The van der Waals surface area contributed by atoms with Crippen molar-refractivity contribution < 1.29 is 12.8 Å². The highest BCUT2D eigenvalue weighted by molar-refractivity contribution is 7.89. The van der Waals surface area contributed by atoms with E-state index in [-0.39, 0.29) is 10.7 Å². The monoisotopic (exact) mass is 534 g/mol. The number of anilines is 1. The quantitative estimate of drug-likeness (QED) is 0.314. The summed E-state index contributed by atoms with van der Waals surface area (Å²) in [6.07, 6.45) is 3.45. The number of nitrogens with two attached hydrogens (primary N) is 1. The molecule has 0 aliphatic carbocycles. The van der Waals surface area contributed by atoms with Crippen LogP contribution in [-0.4, -0.2) is 23.4 Å². The highest BCUT2D eigenvalue weighted by Gasteiger charge is 2.21. The Hall–Kier alpha value is -3.66. The molecule has 0 unspecified atom stereocenters. The minimum atomic E-state index is -3.83. The number of halogens is 1. The van der Waals surface area contributed by atoms with Crippen LogP contribution in [0.15, 0.2) is 102 Å². The first-order chi connectivity index (χ1) is 17.7. The fraction of sp³-hybridized carbons (Fsp3) is 0.143. The summed E-state index contributed by atoms with van der Waals surface area (Å²) in [5.41, 5.74) is 4.81. The second-order valence-corrected chi connectivity index (χ2v) is 10.7. The fourth-order valence-corrected chi connectivity index (χ4v) is 4.66. The molecule has 0 fully saturated rings. The van der Waals surface area contributed by atoms with Crippen molar-refractivity contribution in [2.75, 3.05) is 4.90 Å². The topological polar surface area (TPSA) is 79.5 Å². The van der Waals surface area contributed by atoms with Crippen molar-refractivity contribution in [3.63, 3.8) is 0 Å². The van der Waals surface area contributed by atoms with Gasteiger partial charge in [-0.15, -0.1) is 0 Å². The molecule has 0 spiro atoms. The average molecular weight is 535 g/mol. The van der Waals surface area contributed by atoms with Crippen LogP contribution < -0.4 is 10.0 Å². The molecule has 0 aliphatic heterocycles. The van der Waals surface area contributed by atoms with Gasteiger partial charge in [0, 0.05) is 31.2 Å². The number of rotatable bonds is 8. The first-order valence-electron chi connectivity index (χ1n) is 11.6. The molecule has 0 saturated carbocycles. The number of aromatic nitrogens is 1. The number of primary sulfonamides is 1. The maximum absolute atomic E-state index is 13.6. The van der Waals surface area contributed by atoms with Crippen molar-refractivity contribution in [3.05, 3.63) is 125 Å². The molecule has 2 N–H and O–H groups in total. The molecular weight excluding hydrogens is 507 g/mol. The predicted molar refractivity (Wildman–Crippen MR) is 148 cm³/mol. The summed E-state index contributed by atoms with van der Waals surface area (Å²) in [7, 11) is -3.83. The van der Waals surface area contributed by atoms with Gasteiger partial charge in [0.2, 0.25) is 10.0 Å². The Balaban J connectivity index is 1.72. The molecule has 0 saturated heterocycles. The zero-order valence-electron chi connectivity index (χ0n) is 20.3. The lowest BCUT2D eigenvalue weighted by atomic mass is 10.1. The van der Waals surface area contributed by atoms with E-state index in [0.29, 0.717) is 24.7 Å². The number of hydrogen-bond donors (Lipinski definition) is 1. The third-order valence-corrected chi connectivity index (χ3v) is 7.26. The zero-order chi connectivity index (χ0) is 26.4. The van der Waals surface area contributed by atoms with Crippen molar-refractivity contribution in [2.45, 2.75) is 31.5 Å². The third-order valence-electron chi connectivity index (χ3n) is 5.85. The minimum Gasteiger partial charge on any atom is -0.340 e. The lowest BCUT2D eigenvalue weighted by Crippen LogP contribution is -2.42. The Morgan fingerprint density at radius 2 is 1.32 bits per heavy atom. The second-order valence-electron chi connectivity index (χ2n) is 8.73. The standard InChI is InChI=1S/C28H27FN4O2S2/c1-21-2-4-23(5-3-21)20-33(26-10-12-27(13-11-26)37(30,34)35)28(36)32(19-24-14-16-31-17-15-24)18-22-6-8-25(29)9-7-22/h2-17H,18-20H2,1H3,(H2,30,34,35). The Bertz CT molecular complexity index is 1450. The van der Waals surface area contributed by atoms with Gasteiger partial charge in [-0.2, -0.15) is 0 Å². The van der Waals surface area contributed by atoms with Crippen LogP contribution in [0, 0.1) is 12.7 Å². The summed E-state index contributed by atoms with van der Waals surface area (Å²) in [6, 6.07) is 24.7. The molecule has 0 bridgehead atoms. The average Bonchev–Trinajstić information content (AvgIpc) is 2.89. The van der Waals surface area contributed by atoms with Crippen molar-refractivity contribution in [2.24, 2.45) is 5.14 Å². The molecule has 190 valence electrons. The molecule has 6 nitrogen and oxygen atoms in total. The van der Waals surface area contributed by atoms with Crippen LogP contribution in [0.25, 0.3) is 0 Å². The van der Waals surface area contributed by atoms with Crippen molar-refractivity contribution >= 4 is 33.0 Å². The van der Waals surface area contributed by atoms with Gasteiger partial charge in [-0.1, -0.05) is 42.0 Å². The largest absolute Gasteiger partial charge is 0.340 e. The van der Waals surface area contributed by atoms with Gasteiger partial charge in [0.1, 0.15) is 5.82 Å². The Kier molecular flexibility index (Phi) is 8.27. The minimum absolute atomic E-state index is 0.0254. The number of sulfonamides is 1. The molecule has 0 radical (unpaired) electrons. The van der Waals surface area contributed by atoms with Gasteiger partial charge >= 0.3 is 0 Å². The first kappa shape index (κ1) is 26.4. The van der Waals surface area contributed by atoms with Gasteiger partial charge in [-0.3, -0.25) is 4.98 Å². The molecule has 1 heterocycles. The van der Waals surface area contributed by atoms with Gasteiger partial charge in [0.15, 0.2) is 5.11 Å². The van der Waals surface area contributed by atoms with E-state index < -0.39 is 10.0 Å².